The number of nitrogens with zero attached hydrogens (tertiary/aromatic N) is 4. The zero-order valence-electron chi connectivity index (χ0n) is 27.7. The van der Waals surface area contributed by atoms with Crippen LogP contribution in [-0.4, -0.2) is 94.0 Å². The lowest BCUT2D eigenvalue weighted by atomic mass is 9.97. The monoisotopic (exact) mass is 685 g/mol. The maximum Gasteiger partial charge on any atom is 0.321 e. The predicted octanol–water partition coefficient (Wildman–Crippen LogP) is 4.11. The molecule has 1 saturated heterocycles. The number of aromatic nitrogens is 1. The SMILES string of the molecule is CCc1nc(CN2CCN([C@H](C(=O)N[C@@H](Cc3ccccc3)[C@@H](O)CN(CC(C)C)S(=O)(=O)c3ccc(O)cc3)C(C)C)C2=O)cs1. The van der Waals surface area contributed by atoms with Gasteiger partial charge < -0.3 is 25.3 Å². The number of aliphatic hydroxyl groups is 1. The average Bonchev–Trinajstić information content (AvgIpc) is 3.63. The first-order chi connectivity index (χ1) is 22.3. The summed E-state index contributed by atoms with van der Waals surface area (Å²) in [6, 6.07) is 12.7. The van der Waals surface area contributed by atoms with Crippen molar-refractivity contribution >= 4 is 33.3 Å². The van der Waals surface area contributed by atoms with Crippen LogP contribution in [-0.2, 0) is 34.2 Å². The molecule has 1 fully saturated rings. The van der Waals surface area contributed by atoms with E-state index in [-0.39, 0.29) is 48.0 Å². The number of hydrogen-bond donors (Lipinski definition) is 3. The van der Waals surface area contributed by atoms with Crippen molar-refractivity contribution in [3.05, 3.63) is 76.2 Å². The number of thiazole rings is 1. The molecule has 11 nitrogen and oxygen atoms in total. The van der Waals surface area contributed by atoms with Gasteiger partial charge in [-0.1, -0.05) is 65.0 Å². The number of benzene rings is 2. The molecule has 2 heterocycles. The van der Waals surface area contributed by atoms with Gasteiger partial charge in [-0.3, -0.25) is 4.79 Å². The lowest BCUT2D eigenvalue weighted by Crippen LogP contribution is -2.57. The molecule has 2 aromatic carbocycles. The highest BCUT2D eigenvalue weighted by Crippen LogP contribution is 2.24. The third kappa shape index (κ3) is 9.31. The summed E-state index contributed by atoms with van der Waals surface area (Å²) in [5, 5.41) is 27.3. The van der Waals surface area contributed by atoms with Gasteiger partial charge in [0.25, 0.3) is 0 Å². The Bertz CT molecular complexity index is 1580. The molecule has 256 valence electrons. The molecule has 0 radical (unpaired) electrons. The first-order valence-corrected chi connectivity index (χ1v) is 18.4. The van der Waals surface area contributed by atoms with Crippen LogP contribution in [0, 0.1) is 11.8 Å². The van der Waals surface area contributed by atoms with Crippen molar-refractivity contribution < 1.29 is 28.2 Å². The van der Waals surface area contributed by atoms with Crippen molar-refractivity contribution in [2.24, 2.45) is 11.8 Å². The molecule has 3 aromatic rings. The van der Waals surface area contributed by atoms with Crippen molar-refractivity contribution in [2.75, 3.05) is 26.2 Å². The number of amides is 3. The van der Waals surface area contributed by atoms with Crippen LogP contribution in [0.5, 0.6) is 5.75 Å². The van der Waals surface area contributed by atoms with E-state index in [1.807, 2.05) is 70.3 Å². The van der Waals surface area contributed by atoms with Crippen LogP contribution in [0.25, 0.3) is 0 Å². The second-order valence-corrected chi connectivity index (χ2v) is 15.6. The van der Waals surface area contributed by atoms with E-state index in [2.05, 4.69) is 10.3 Å². The summed E-state index contributed by atoms with van der Waals surface area (Å²) in [4.78, 5) is 35.5. The number of urea groups is 1. The maximum atomic E-state index is 14.0. The fourth-order valence-electron chi connectivity index (χ4n) is 5.79. The maximum absolute atomic E-state index is 14.0. The van der Waals surface area contributed by atoms with Gasteiger partial charge in [-0.05, 0) is 54.5 Å². The minimum absolute atomic E-state index is 0.00710. The Balaban J connectivity index is 1.56. The number of carbonyl (C=O) groups is 2. The van der Waals surface area contributed by atoms with Crippen LogP contribution in [0.15, 0.2) is 64.9 Å². The smallest absolute Gasteiger partial charge is 0.321 e. The number of aromatic hydroxyl groups is 1. The van der Waals surface area contributed by atoms with Gasteiger partial charge in [-0.2, -0.15) is 4.31 Å². The van der Waals surface area contributed by atoms with Crippen molar-refractivity contribution in [1.29, 1.82) is 0 Å². The van der Waals surface area contributed by atoms with Crippen LogP contribution in [0.3, 0.4) is 0 Å². The molecule has 0 spiro atoms. The van der Waals surface area contributed by atoms with Gasteiger partial charge >= 0.3 is 6.03 Å². The first kappa shape index (κ1) is 36.3. The topological polar surface area (TPSA) is 143 Å². The molecule has 3 atom stereocenters. The summed E-state index contributed by atoms with van der Waals surface area (Å²) in [6.45, 7) is 10.6. The van der Waals surface area contributed by atoms with Gasteiger partial charge in [-0.15, -0.1) is 11.3 Å². The lowest BCUT2D eigenvalue weighted by molar-refractivity contribution is -0.128. The fraction of sp³-hybridized carbons (Fsp3) is 0.500. The number of aliphatic hydroxyl groups excluding tert-OH is 1. The molecule has 1 aliphatic rings. The number of phenols is 1. The Morgan fingerprint density at radius 3 is 2.32 bits per heavy atom. The van der Waals surface area contributed by atoms with Gasteiger partial charge in [0.1, 0.15) is 11.8 Å². The van der Waals surface area contributed by atoms with Crippen LogP contribution in [0.1, 0.15) is 50.9 Å². The molecule has 47 heavy (non-hydrogen) atoms. The van der Waals surface area contributed by atoms with Gasteiger partial charge in [0.15, 0.2) is 0 Å². The molecular weight excluding hydrogens is 639 g/mol. The van der Waals surface area contributed by atoms with Gasteiger partial charge in [0.05, 0.1) is 34.3 Å². The summed E-state index contributed by atoms with van der Waals surface area (Å²) in [6.07, 6.45) is -0.202. The number of phenolic OH excluding ortho intramolecular Hbond substituents is 1. The van der Waals surface area contributed by atoms with E-state index in [0.29, 0.717) is 19.6 Å². The van der Waals surface area contributed by atoms with E-state index in [1.165, 1.54) is 28.6 Å². The van der Waals surface area contributed by atoms with E-state index in [0.717, 1.165) is 22.7 Å². The average molecular weight is 686 g/mol. The summed E-state index contributed by atoms with van der Waals surface area (Å²) in [7, 11) is -4.04. The minimum Gasteiger partial charge on any atom is -0.508 e. The molecule has 3 N–H and O–H groups in total. The number of carbonyl (C=O) groups excluding carboxylic acids is 2. The Morgan fingerprint density at radius 1 is 1.04 bits per heavy atom. The molecule has 1 aliphatic heterocycles. The van der Waals surface area contributed by atoms with Crippen LogP contribution < -0.4 is 5.32 Å². The third-order valence-electron chi connectivity index (χ3n) is 8.14. The summed E-state index contributed by atoms with van der Waals surface area (Å²) in [5.74, 6) is -0.748. The lowest BCUT2D eigenvalue weighted by Gasteiger charge is -2.34. The standard InChI is InChI=1S/C34H47N5O6S2/c1-6-31-35-26(22-46-31)20-37-16-17-39(34(37)43)32(24(4)5)33(42)36-29(18-25-10-8-7-9-11-25)30(41)21-38(19-23(2)3)47(44,45)28-14-12-27(40)13-15-28/h7-15,22-24,29-30,32,40-41H,6,16-21H2,1-5H3,(H,36,42)/t29-,30-,32-/m0/s1. The number of sulfonamides is 1. The van der Waals surface area contributed by atoms with Crippen molar-refractivity contribution in [3.8, 4) is 5.75 Å². The van der Waals surface area contributed by atoms with E-state index in [1.54, 1.807) is 21.1 Å². The van der Waals surface area contributed by atoms with Crippen LogP contribution in [0.4, 0.5) is 4.79 Å². The second-order valence-electron chi connectivity index (χ2n) is 12.8. The predicted molar refractivity (Wildman–Crippen MR) is 182 cm³/mol. The Morgan fingerprint density at radius 2 is 1.72 bits per heavy atom. The second kappa shape index (κ2) is 16.1. The highest BCUT2D eigenvalue weighted by molar-refractivity contribution is 7.89. The highest BCUT2D eigenvalue weighted by Gasteiger charge is 2.40. The molecule has 3 amide bonds. The third-order valence-corrected chi connectivity index (χ3v) is 11.0. The Kier molecular flexibility index (Phi) is 12.4. The normalized spacial score (nSPS) is 15.9. The van der Waals surface area contributed by atoms with Gasteiger partial charge in [0.2, 0.25) is 15.9 Å². The zero-order chi connectivity index (χ0) is 34.3. The molecule has 0 aliphatic carbocycles. The minimum atomic E-state index is -4.04. The van der Waals surface area contributed by atoms with E-state index in [9.17, 15) is 28.2 Å². The zero-order valence-corrected chi connectivity index (χ0v) is 29.4. The number of hydrogen-bond acceptors (Lipinski definition) is 8. The van der Waals surface area contributed by atoms with Gasteiger partial charge in [-0.25, -0.2) is 18.2 Å². The number of nitrogens with one attached hydrogen (secondary N) is 1. The van der Waals surface area contributed by atoms with Crippen LogP contribution in [0.2, 0.25) is 0 Å². The molecule has 13 heteroatoms. The van der Waals surface area contributed by atoms with Crippen molar-refractivity contribution in [2.45, 2.75) is 77.1 Å². The molecule has 0 saturated carbocycles. The molecular formula is C34H47N5O6S2. The molecule has 0 unspecified atom stereocenters. The largest absolute Gasteiger partial charge is 0.508 e. The Hall–Kier alpha value is -3.52. The summed E-state index contributed by atoms with van der Waals surface area (Å²) in [5.41, 5.74) is 1.68. The van der Waals surface area contributed by atoms with E-state index in [4.69, 9.17) is 0 Å². The van der Waals surface area contributed by atoms with Gasteiger partial charge in [0, 0.05) is 31.6 Å². The first-order valence-electron chi connectivity index (χ1n) is 16.1. The molecule has 4 rings (SSSR count). The van der Waals surface area contributed by atoms with E-state index >= 15 is 0 Å². The number of rotatable bonds is 16. The molecule has 0 bridgehead atoms. The summed E-state index contributed by atoms with van der Waals surface area (Å²) >= 11 is 1.57. The van der Waals surface area contributed by atoms with E-state index < -0.39 is 34.1 Å². The van der Waals surface area contributed by atoms with Crippen LogP contribution >= 0.6 is 11.3 Å². The number of aryl methyl sites for hydroxylation is 1. The quantitative estimate of drug-likeness (QED) is 0.206. The van der Waals surface area contributed by atoms with Crippen molar-refractivity contribution in [3.63, 3.8) is 0 Å². The molecule has 1 aromatic heterocycles. The Labute approximate surface area is 282 Å². The highest BCUT2D eigenvalue weighted by atomic mass is 32.2. The van der Waals surface area contributed by atoms with Crippen molar-refractivity contribution in [1.82, 2.24) is 24.4 Å². The fourth-order valence-corrected chi connectivity index (χ4v) is 8.15. The summed E-state index contributed by atoms with van der Waals surface area (Å²) < 4.78 is 28.6.